The highest BCUT2D eigenvalue weighted by molar-refractivity contribution is 5.98. The molecule has 0 bridgehead atoms. The van der Waals surface area contributed by atoms with Crippen molar-refractivity contribution in [2.24, 2.45) is 0 Å². The van der Waals surface area contributed by atoms with E-state index in [4.69, 9.17) is 10.5 Å². The van der Waals surface area contributed by atoms with Gasteiger partial charge in [-0.15, -0.1) is 0 Å². The van der Waals surface area contributed by atoms with Crippen molar-refractivity contribution < 1.29 is 13.9 Å². The fourth-order valence-electron chi connectivity index (χ4n) is 3.84. The molecule has 1 aromatic carbocycles. The Labute approximate surface area is 209 Å². The van der Waals surface area contributed by atoms with Crippen LogP contribution in [0.4, 0.5) is 16.2 Å². The Hall–Kier alpha value is -5.26. The number of halogens is 1. The topological polar surface area (TPSA) is 147 Å². The summed E-state index contributed by atoms with van der Waals surface area (Å²) in [6.45, 7) is 7.05. The summed E-state index contributed by atoms with van der Waals surface area (Å²) in [5, 5.41) is 2.50. The number of carbonyl (C=O) groups excluding carboxylic acids is 1. The second-order valence-electron chi connectivity index (χ2n) is 7.95. The number of rotatable bonds is 6. The minimum absolute atomic E-state index is 0.0352. The van der Waals surface area contributed by atoms with E-state index >= 15 is 4.39 Å². The van der Waals surface area contributed by atoms with Crippen LogP contribution in [0.3, 0.4) is 0 Å². The van der Waals surface area contributed by atoms with Crippen molar-refractivity contribution in [1.82, 2.24) is 34.5 Å². The average molecular weight is 497 g/mol. The van der Waals surface area contributed by atoms with E-state index in [1.54, 1.807) is 23.6 Å². The van der Waals surface area contributed by atoms with Gasteiger partial charge in [0.15, 0.2) is 17.4 Å². The van der Waals surface area contributed by atoms with Gasteiger partial charge in [0.1, 0.15) is 11.8 Å². The Morgan fingerprint density at radius 3 is 2.62 bits per heavy atom. The lowest BCUT2D eigenvalue weighted by Gasteiger charge is -2.14. The van der Waals surface area contributed by atoms with Crippen LogP contribution < -0.4 is 15.8 Å². The lowest BCUT2D eigenvalue weighted by atomic mass is 10.1. The van der Waals surface area contributed by atoms with Crippen LogP contribution in [-0.4, -0.2) is 40.4 Å². The average Bonchev–Trinajstić information content (AvgIpc) is 3.19. The molecule has 3 N–H and O–H groups in total. The quantitative estimate of drug-likeness (QED) is 0.333. The molecule has 5 rings (SSSR count). The van der Waals surface area contributed by atoms with Crippen LogP contribution in [0.2, 0.25) is 0 Å². The maximum absolute atomic E-state index is 15.2. The minimum atomic E-state index is -0.637. The van der Waals surface area contributed by atoms with E-state index in [1.807, 2.05) is 6.92 Å². The van der Waals surface area contributed by atoms with Crippen molar-refractivity contribution in [3.8, 4) is 28.7 Å². The number of amides is 1. The molecule has 0 fully saturated rings. The number of hydrogen-bond donors (Lipinski definition) is 2. The Bertz CT molecular complexity index is 1670. The molecule has 12 heteroatoms. The summed E-state index contributed by atoms with van der Waals surface area (Å²) >= 11 is 0. The van der Waals surface area contributed by atoms with Crippen LogP contribution in [0.1, 0.15) is 11.3 Å². The summed E-state index contributed by atoms with van der Waals surface area (Å²) in [7, 11) is 0. The van der Waals surface area contributed by atoms with Crippen molar-refractivity contribution in [2.75, 3.05) is 11.1 Å². The molecule has 184 valence electrons. The Morgan fingerprint density at radius 2 is 1.92 bits per heavy atom. The van der Waals surface area contributed by atoms with Gasteiger partial charge in [0, 0.05) is 47.2 Å². The summed E-state index contributed by atoms with van der Waals surface area (Å²) in [5.41, 5.74) is 10.4. The monoisotopic (exact) mass is 497 g/mol. The van der Waals surface area contributed by atoms with Gasteiger partial charge >= 0.3 is 6.01 Å². The van der Waals surface area contributed by atoms with Gasteiger partial charge in [-0.05, 0) is 38.1 Å². The molecule has 0 aliphatic rings. The molecule has 1 amide bonds. The zero-order valence-electron chi connectivity index (χ0n) is 19.8. The maximum atomic E-state index is 15.2. The highest BCUT2D eigenvalue weighted by Gasteiger charge is 2.22. The fraction of sp³-hybridized carbons (Fsp3) is 0.0800. The number of carbonyl (C=O) groups is 1. The molecule has 0 atom stereocenters. The largest absolute Gasteiger partial charge is 0.421 e. The highest BCUT2D eigenvalue weighted by Crippen LogP contribution is 2.37. The molecule has 0 radical (unpaired) electrons. The Balaban J connectivity index is 1.63. The molecule has 0 spiro atoms. The smallest absolute Gasteiger partial charge is 0.322 e. The van der Waals surface area contributed by atoms with Crippen molar-refractivity contribution >= 4 is 28.7 Å². The summed E-state index contributed by atoms with van der Waals surface area (Å²) in [4.78, 5) is 36.7. The first kappa shape index (κ1) is 23.5. The number of nitrogen functional groups attached to an aromatic ring is 1. The van der Waals surface area contributed by atoms with E-state index in [0.717, 1.165) is 11.6 Å². The van der Waals surface area contributed by atoms with Gasteiger partial charge < -0.3 is 15.0 Å². The highest BCUT2D eigenvalue weighted by atomic mass is 19.1. The first-order valence-electron chi connectivity index (χ1n) is 11.0. The number of anilines is 2. The van der Waals surface area contributed by atoms with Gasteiger partial charge in [-0.2, -0.15) is 0 Å². The number of nitrogens with two attached hydrogens (primary N) is 1. The summed E-state index contributed by atoms with van der Waals surface area (Å²) in [5.74, 6) is -0.792. The van der Waals surface area contributed by atoms with E-state index in [-0.39, 0.29) is 23.5 Å². The van der Waals surface area contributed by atoms with Crippen LogP contribution in [0, 0.1) is 19.7 Å². The zero-order valence-corrected chi connectivity index (χ0v) is 19.8. The molecule has 0 saturated heterocycles. The van der Waals surface area contributed by atoms with E-state index in [0.29, 0.717) is 33.7 Å². The molecule has 0 saturated carbocycles. The lowest BCUT2D eigenvalue weighted by molar-refractivity contribution is -0.111. The van der Waals surface area contributed by atoms with Crippen LogP contribution in [0.25, 0.3) is 28.0 Å². The Kier molecular flexibility index (Phi) is 5.97. The maximum Gasteiger partial charge on any atom is 0.322 e. The second-order valence-corrected chi connectivity index (χ2v) is 7.95. The van der Waals surface area contributed by atoms with Crippen molar-refractivity contribution in [2.45, 2.75) is 13.8 Å². The van der Waals surface area contributed by atoms with Crippen LogP contribution in [0.5, 0.6) is 11.8 Å². The normalized spacial score (nSPS) is 10.9. The first-order valence-corrected chi connectivity index (χ1v) is 11.0. The summed E-state index contributed by atoms with van der Waals surface area (Å²) in [6.07, 6.45) is 7.09. The number of aromatic nitrogens is 7. The number of ether oxygens (including phenoxy) is 1. The number of benzene rings is 1. The summed E-state index contributed by atoms with van der Waals surface area (Å²) < 4.78 is 22.5. The van der Waals surface area contributed by atoms with Crippen molar-refractivity contribution in [3.05, 3.63) is 78.9 Å². The predicted octanol–water partition coefficient (Wildman–Crippen LogP) is 3.92. The molecule has 37 heavy (non-hydrogen) atoms. The van der Waals surface area contributed by atoms with Gasteiger partial charge in [-0.1, -0.05) is 6.58 Å². The number of fused-ring (bicyclic) bond motifs is 1. The van der Waals surface area contributed by atoms with Crippen LogP contribution in [0.15, 0.2) is 61.8 Å². The molecule has 4 heterocycles. The molecule has 11 nitrogen and oxygen atoms in total. The van der Waals surface area contributed by atoms with E-state index < -0.39 is 11.7 Å². The molecule has 5 aromatic rings. The molecule has 0 aliphatic carbocycles. The SMILES string of the molecule is C=CC(=O)Nc1ncc(-c2c(C)c3ncnc(N)c3n2-c2ccc(Oc3nccc(C)n3)c(F)c2)cn1. The van der Waals surface area contributed by atoms with Gasteiger partial charge in [0.2, 0.25) is 11.9 Å². The second kappa shape index (κ2) is 9.41. The Morgan fingerprint density at radius 1 is 1.14 bits per heavy atom. The standard InChI is InChI=1S/C25H20FN9O2/c1-4-19(36)34-24-29-10-15(11-30-24)21-14(3)20-22(23(27)32-12-31-20)35(21)16-5-6-18(17(26)9-16)37-25-28-8-7-13(2)33-25/h4-12H,1H2,2-3H3,(H2,27,31,32)(H,29,30,34,36). The lowest BCUT2D eigenvalue weighted by Crippen LogP contribution is -2.10. The van der Waals surface area contributed by atoms with E-state index in [9.17, 15) is 4.79 Å². The third-order valence-corrected chi connectivity index (χ3v) is 5.50. The van der Waals surface area contributed by atoms with Crippen molar-refractivity contribution in [1.29, 1.82) is 0 Å². The molecule has 4 aromatic heterocycles. The van der Waals surface area contributed by atoms with Gasteiger partial charge in [0.25, 0.3) is 0 Å². The molecule has 0 unspecified atom stereocenters. The van der Waals surface area contributed by atoms with Gasteiger partial charge in [-0.3, -0.25) is 10.1 Å². The molecular weight excluding hydrogens is 477 g/mol. The number of nitrogens with one attached hydrogen (secondary N) is 1. The summed E-state index contributed by atoms with van der Waals surface area (Å²) in [6, 6.07) is 6.20. The minimum Gasteiger partial charge on any atom is -0.421 e. The van der Waals surface area contributed by atoms with Crippen LogP contribution in [-0.2, 0) is 4.79 Å². The van der Waals surface area contributed by atoms with Crippen molar-refractivity contribution in [3.63, 3.8) is 0 Å². The fourth-order valence-corrected chi connectivity index (χ4v) is 3.84. The number of hydrogen-bond acceptors (Lipinski definition) is 9. The number of nitrogens with zero attached hydrogens (tertiary/aromatic N) is 7. The van der Waals surface area contributed by atoms with E-state index in [2.05, 4.69) is 41.8 Å². The van der Waals surface area contributed by atoms with Gasteiger partial charge in [-0.25, -0.2) is 34.3 Å². The van der Waals surface area contributed by atoms with E-state index in [1.165, 1.54) is 37.1 Å². The third kappa shape index (κ3) is 4.43. The van der Waals surface area contributed by atoms with Crippen LogP contribution >= 0.6 is 0 Å². The predicted molar refractivity (Wildman–Crippen MR) is 135 cm³/mol. The first-order chi connectivity index (χ1) is 17.9. The van der Waals surface area contributed by atoms with Gasteiger partial charge in [0.05, 0.1) is 11.2 Å². The molecular formula is C25H20FN9O2. The third-order valence-electron chi connectivity index (χ3n) is 5.50. The molecule has 0 aliphatic heterocycles. The number of aryl methyl sites for hydroxylation is 2. The zero-order chi connectivity index (χ0) is 26.1.